The first kappa shape index (κ1) is 60.1. The van der Waals surface area contributed by atoms with E-state index in [9.17, 15) is 68.2 Å². The van der Waals surface area contributed by atoms with Crippen molar-refractivity contribution >= 4 is 38.6 Å². The first-order valence-corrected chi connectivity index (χ1v) is 25.7. The molecule has 9 atom stereocenters. The monoisotopic (exact) mass is 990 g/mol. The Kier molecular flexibility index (Phi) is 27.1. The second kappa shape index (κ2) is 30.6. The van der Waals surface area contributed by atoms with Crippen LogP contribution in [-0.4, -0.2) is 169 Å². The van der Waals surface area contributed by atoms with Crippen molar-refractivity contribution in [3.63, 3.8) is 0 Å². The van der Waals surface area contributed by atoms with Crippen LogP contribution in [0.15, 0.2) is 35.2 Å². The van der Waals surface area contributed by atoms with Crippen molar-refractivity contribution in [2.45, 2.75) is 195 Å². The predicted octanol–water partition coefficient (Wildman–Crippen LogP) is 0.255. The number of amides is 3. The van der Waals surface area contributed by atoms with Crippen LogP contribution in [0.4, 0.5) is 0 Å². The van der Waals surface area contributed by atoms with Crippen LogP contribution in [0, 0.1) is 0 Å². The molecule has 2 heterocycles. The van der Waals surface area contributed by atoms with Gasteiger partial charge in [-0.3, -0.25) is 19.3 Å². The summed E-state index contributed by atoms with van der Waals surface area (Å²) in [5.74, 6) is -1.24. The fourth-order valence-corrected chi connectivity index (χ4v) is 9.65. The maximum Gasteiger partial charge on any atom is 1.00 e. The van der Waals surface area contributed by atoms with Gasteiger partial charge < -0.3 is 59.8 Å². The molecule has 0 aromatic heterocycles. The van der Waals surface area contributed by atoms with Crippen LogP contribution in [0.3, 0.4) is 0 Å². The molecule has 0 aliphatic carbocycles. The number of aliphatic hydroxyl groups is 8. The SMILES string of the molecule is CCCCCCCCCCCC(=O)N(CCCCCCCCCCCCN1C(=O)c2cccc3c(S(=O)(=O)[O-])ccc(c23)C1=O)C[C@H](O)[C@@H](O)[C@H](O[C@@H]1O[C@H](CO)[C@H](O)[C@H](O)[C@H]1O)[C@H](O)CO.[Na+]. The zero-order valence-electron chi connectivity index (χ0n) is 39.9. The minimum atomic E-state index is -4.81. The van der Waals surface area contributed by atoms with Crippen molar-refractivity contribution in [2.24, 2.45) is 0 Å². The van der Waals surface area contributed by atoms with Gasteiger partial charge in [0.15, 0.2) is 6.29 Å². The van der Waals surface area contributed by atoms with Gasteiger partial charge in [-0.25, -0.2) is 8.42 Å². The van der Waals surface area contributed by atoms with E-state index in [1.807, 2.05) is 0 Å². The number of unbranched alkanes of at least 4 members (excludes halogenated alkanes) is 17. The first-order valence-electron chi connectivity index (χ1n) is 24.3. The zero-order chi connectivity index (χ0) is 49.1. The van der Waals surface area contributed by atoms with Crippen LogP contribution in [0.25, 0.3) is 10.8 Å². The smallest absolute Gasteiger partial charge is 0.744 e. The topological polar surface area (TPSA) is 295 Å². The number of rotatable bonds is 33. The van der Waals surface area contributed by atoms with Gasteiger partial charge in [0.25, 0.3) is 11.8 Å². The van der Waals surface area contributed by atoms with E-state index in [-0.39, 0.29) is 76.9 Å². The standard InChI is InChI=1S/C48H76N2O16S.Na/c1-2-3-4-5-6-9-12-15-18-24-39(55)49(29-35(53)41(56)45(36(54)30-51)66-48-44(59)43(58)42(57)37(31-52)65-48)27-19-16-13-10-7-8-11-14-17-20-28-50-46(60)33-23-21-22-32-38(67(62,63)64)26-25-34(40(32)33)47(50)61;/h21-23,25-26,35-37,41-45,48,51-54,56-59H,2-20,24,27-31H2,1H3,(H,62,63,64);/q;+1/p-1/t35-,36+,37+,41+,42-,43-,44+,45+,48-;/m0./s1. The van der Waals surface area contributed by atoms with Gasteiger partial charge in [0, 0.05) is 48.0 Å². The summed E-state index contributed by atoms with van der Waals surface area (Å²) < 4.78 is 46.3. The number of hydrogen-bond acceptors (Lipinski definition) is 16. The van der Waals surface area contributed by atoms with Crippen LogP contribution in [0.2, 0.25) is 0 Å². The molecule has 380 valence electrons. The van der Waals surface area contributed by atoms with Crippen molar-refractivity contribution < 1.29 is 107 Å². The van der Waals surface area contributed by atoms with Crippen molar-refractivity contribution in [3.05, 3.63) is 41.5 Å². The number of aliphatic hydroxyl groups excluding tert-OH is 8. The maximum absolute atomic E-state index is 13.5. The molecule has 0 unspecified atom stereocenters. The molecular formula is C48H75N2NaO16S. The van der Waals surface area contributed by atoms with E-state index < -0.39 is 95.2 Å². The van der Waals surface area contributed by atoms with Crippen LogP contribution in [0.1, 0.15) is 156 Å². The Morgan fingerprint density at radius 1 is 0.750 bits per heavy atom. The number of carbonyl (C=O) groups is 3. The Morgan fingerprint density at radius 2 is 1.29 bits per heavy atom. The zero-order valence-corrected chi connectivity index (χ0v) is 42.7. The molecule has 4 rings (SSSR count). The molecule has 18 nitrogen and oxygen atoms in total. The van der Waals surface area contributed by atoms with E-state index in [2.05, 4.69) is 6.92 Å². The minimum Gasteiger partial charge on any atom is -0.744 e. The Hall–Kier alpha value is -2.18. The van der Waals surface area contributed by atoms with Crippen LogP contribution < -0.4 is 29.6 Å². The quantitative estimate of drug-likeness (QED) is 0.0206. The number of benzene rings is 2. The summed E-state index contributed by atoms with van der Waals surface area (Å²) in [7, 11) is -4.81. The molecule has 20 heteroatoms. The summed E-state index contributed by atoms with van der Waals surface area (Å²) in [6.07, 6.45) is 2.83. The molecular weight excluding hydrogens is 916 g/mol. The third-order valence-corrected chi connectivity index (χ3v) is 13.9. The minimum absolute atomic E-state index is 0. The Bertz CT molecular complexity index is 1940. The molecule has 8 N–H and O–H groups in total. The number of hydrogen-bond donors (Lipinski definition) is 8. The molecule has 0 saturated carbocycles. The number of carbonyl (C=O) groups excluding carboxylic acids is 3. The predicted molar refractivity (Wildman–Crippen MR) is 246 cm³/mol. The van der Waals surface area contributed by atoms with Crippen LogP contribution in [-0.2, 0) is 24.4 Å². The fraction of sp³-hybridized carbons (Fsp3) is 0.729. The molecule has 2 aliphatic heterocycles. The van der Waals surface area contributed by atoms with Crippen molar-refractivity contribution in [2.75, 3.05) is 32.8 Å². The summed E-state index contributed by atoms with van der Waals surface area (Å²) in [6, 6.07) is 6.86. The largest absolute Gasteiger partial charge is 1.00 e. The summed E-state index contributed by atoms with van der Waals surface area (Å²) in [5.41, 5.74) is 0.377. The first-order chi connectivity index (χ1) is 32.1. The molecule has 0 bridgehead atoms. The summed E-state index contributed by atoms with van der Waals surface area (Å²) in [5, 5.41) is 83.4. The number of nitrogens with zero attached hydrogens (tertiary/aromatic N) is 2. The van der Waals surface area contributed by atoms with Gasteiger partial charge in [0.05, 0.1) is 18.1 Å². The molecule has 68 heavy (non-hydrogen) atoms. The van der Waals surface area contributed by atoms with E-state index in [0.29, 0.717) is 25.8 Å². The summed E-state index contributed by atoms with van der Waals surface area (Å²) in [6.45, 7) is 0.702. The number of imide groups is 1. The third kappa shape index (κ3) is 17.3. The summed E-state index contributed by atoms with van der Waals surface area (Å²) in [4.78, 5) is 42.3. The van der Waals surface area contributed by atoms with Crippen molar-refractivity contribution in [1.29, 1.82) is 0 Å². The Labute approximate surface area is 423 Å². The maximum atomic E-state index is 13.5. The molecule has 3 amide bonds. The van der Waals surface area contributed by atoms with Crippen LogP contribution in [0.5, 0.6) is 0 Å². The fourth-order valence-electron chi connectivity index (χ4n) is 8.98. The Morgan fingerprint density at radius 3 is 1.85 bits per heavy atom. The van der Waals surface area contributed by atoms with E-state index in [4.69, 9.17) is 9.47 Å². The average Bonchev–Trinajstić information content (AvgIpc) is 3.31. The normalized spacial score (nSPS) is 21.4. The summed E-state index contributed by atoms with van der Waals surface area (Å²) >= 11 is 0. The van der Waals surface area contributed by atoms with E-state index in [0.717, 1.165) is 83.1 Å². The van der Waals surface area contributed by atoms with Gasteiger partial charge >= 0.3 is 29.6 Å². The van der Waals surface area contributed by atoms with Gasteiger partial charge in [0.2, 0.25) is 5.91 Å². The second-order valence-electron chi connectivity index (χ2n) is 18.1. The molecule has 1 fully saturated rings. The molecule has 2 aliphatic rings. The molecule has 0 spiro atoms. The van der Waals surface area contributed by atoms with E-state index in [1.165, 1.54) is 59.7 Å². The Balaban J connectivity index is 0.0000122. The third-order valence-electron chi connectivity index (χ3n) is 13.0. The van der Waals surface area contributed by atoms with Gasteiger partial charge in [-0.15, -0.1) is 0 Å². The molecule has 2 aromatic rings. The van der Waals surface area contributed by atoms with E-state index >= 15 is 0 Å². The van der Waals surface area contributed by atoms with Crippen molar-refractivity contribution in [3.8, 4) is 0 Å². The molecule has 0 radical (unpaired) electrons. The average molecular weight is 991 g/mol. The van der Waals surface area contributed by atoms with Gasteiger partial charge in [0.1, 0.15) is 58.9 Å². The molecule has 2 aromatic carbocycles. The van der Waals surface area contributed by atoms with Gasteiger partial charge in [-0.1, -0.05) is 122 Å². The van der Waals surface area contributed by atoms with Crippen molar-refractivity contribution in [1.82, 2.24) is 9.80 Å². The van der Waals surface area contributed by atoms with Gasteiger partial charge in [-0.05, 0) is 37.5 Å². The second-order valence-corrected chi connectivity index (χ2v) is 19.5. The van der Waals surface area contributed by atoms with Gasteiger partial charge in [-0.2, -0.15) is 0 Å². The van der Waals surface area contributed by atoms with Crippen LogP contribution >= 0.6 is 0 Å². The van der Waals surface area contributed by atoms with E-state index in [1.54, 1.807) is 0 Å². The number of ether oxygens (including phenoxy) is 2. The molecule has 1 saturated heterocycles.